The Labute approximate surface area is 209 Å². The topological polar surface area (TPSA) is 51.5 Å². The van der Waals surface area contributed by atoms with Crippen LogP contribution in [-0.4, -0.2) is 23.6 Å². The molecule has 0 saturated heterocycles. The molecule has 5 nitrogen and oxygen atoms in total. The first-order valence-electron chi connectivity index (χ1n) is 10.3. The highest BCUT2D eigenvalue weighted by molar-refractivity contribution is 9.10. The van der Waals surface area contributed by atoms with Gasteiger partial charge in [0, 0.05) is 37.4 Å². The maximum atomic E-state index is 13.5. The first-order chi connectivity index (χ1) is 15.7. The highest BCUT2D eigenvalue weighted by Crippen LogP contribution is 2.36. The molecule has 168 valence electrons. The van der Waals surface area contributed by atoms with Crippen molar-refractivity contribution in [3.63, 3.8) is 0 Å². The molecule has 0 radical (unpaired) electrons. The molecule has 1 aliphatic rings. The Kier molecular flexibility index (Phi) is 6.45. The van der Waals surface area contributed by atoms with Crippen LogP contribution in [0.25, 0.3) is 11.8 Å². The maximum Gasteiger partial charge on any atom is 0.340 e. The maximum absolute atomic E-state index is 13.5. The molecule has 0 unspecified atom stereocenters. The van der Waals surface area contributed by atoms with Gasteiger partial charge in [-0.1, -0.05) is 37.9 Å². The Bertz CT molecular complexity index is 1330. The first kappa shape index (κ1) is 23.3. The molecule has 3 aromatic rings. The Morgan fingerprint density at radius 3 is 2.27 bits per heavy atom. The molecular formula is C26H22Br2N2O3. The second kappa shape index (κ2) is 9.15. The number of ether oxygens (including phenoxy) is 1. The van der Waals surface area contributed by atoms with Gasteiger partial charge in [-0.25, -0.2) is 4.79 Å². The number of amides is 1. The van der Waals surface area contributed by atoms with Gasteiger partial charge in [0.1, 0.15) is 0 Å². The lowest BCUT2D eigenvalue weighted by Crippen LogP contribution is -2.24. The molecule has 0 bridgehead atoms. The van der Waals surface area contributed by atoms with E-state index in [2.05, 4.69) is 36.4 Å². The summed E-state index contributed by atoms with van der Waals surface area (Å²) in [6, 6.07) is 17.4. The Morgan fingerprint density at radius 1 is 0.939 bits per heavy atom. The average molecular weight is 570 g/mol. The lowest BCUT2D eigenvalue weighted by molar-refractivity contribution is -0.136. The highest BCUT2D eigenvalue weighted by Gasteiger charge is 2.38. The van der Waals surface area contributed by atoms with Crippen molar-refractivity contribution in [3.05, 3.63) is 97.3 Å². The first-order valence-corrected chi connectivity index (χ1v) is 11.9. The largest absolute Gasteiger partial charge is 0.465 e. The Morgan fingerprint density at radius 2 is 1.64 bits per heavy atom. The zero-order valence-electron chi connectivity index (χ0n) is 18.6. The number of allylic oxidation sites excluding steroid dienone is 1. The number of halogens is 2. The predicted octanol–water partition coefficient (Wildman–Crippen LogP) is 6.50. The van der Waals surface area contributed by atoms with Crippen LogP contribution in [0.2, 0.25) is 0 Å². The number of carbonyl (C=O) groups excluding carboxylic acids is 2. The third kappa shape index (κ3) is 4.23. The summed E-state index contributed by atoms with van der Waals surface area (Å²) in [6.45, 7) is 5.78. The van der Waals surface area contributed by atoms with E-state index in [9.17, 15) is 9.59 Å². The normalized spacial score (nSPS) is 15.0. The third-order valence-corrected chi connectivity index (χ3v) is 6.73. The molecule has 0 saturated carbocycles. The predicted molar refractivity (Wildman–Crippen MR) is 137 cm³/mol. The van der Waals surface area contributed by atoms with Crippen LogP contribution in [-0.2, 0) is 14.3 Å². The fourth-order valence-electron chi connectivity index (χ4n) is 4.18. The number of methoxy groups -OCH3 is 1. The van der Waals surface area contributed by atoms with Crippen molar-refractivity contribution in [1.29, 1.82) is 0 Å². The van der Waals surface area contributed by atoms with Gasteiger partial charge in [0.2, 0.25) is 0 Å². The van der Waals surface area contributed by atoms with E-state index in [-0.39, 0.29) is 11.5 Å². The zero-order chi connectivity index (χ0) is 23.9. The van der Waals surface area contributed by atoms with E-state index < -0.39 is 5.97 Å². The molecular weight excluding hydrogens is 548 g/mol. The van der Waals surface area contributed by atoms with Crippen LogP contribution in [0.15, 0.2) is 80.4 Å². The van der Waals surface area contributed by atoms with Crippen molar-refractivity contribution in [2.75, 3.05) is 12.0 Å². The summed E-state index contributed by atoms with van der Waals surface area (Å²) in [7, 11) is 1.33. The average Bonchev–Trinajstić information content (AvgIpc) is 3.20. The summed E-state index contributed by atoms with van der Waals surface area (Å²) in [5, 5.41) is 0. The molecule has 7 heteroatoms. The molecule has 4 rings (SSSR count). The second-order valence-corrected chi connectivity index (χ2v) is 9.60. The van der Waals surface area contributed by atoms with Crippen LogP contribution in [0.3, 0.4) is 0 Å². The number of rotatable bonds is 4. The minimum absolute atomic E-state index is 0.262. The Balaban J connectivity index is 1.85. The summed E-state index contributed by atoms with van der Waals surface area (Å²) < 4.78 is 9.04. The van der Waals surface area contributed by atoms with Gasteiger partial charge in [0.25, 0.3) is 5.91 Å². The molecule has 0 atom stereocenters. The summed E-state index contributed by atoms with van der Waals surface area (Å²) >= 11 is 6.95. The molecule has 2 heterocycles. The van der Waals surface area contributed by atoms with Gasteiger partial charge in [-0.3, -0.25) is 9.69 Å². The van der Waals surface area contributed by atoms with Crippen LogP contribution < -0.4 is 4.90 Å². The van der Waals surface area contributed by atoms with E-state index in [0.717, 1.165) is 31.6 Å². The standard InChI is InChI=1S/C26H22Br2N2O3/c1-15-12-18(16(2)29(15)22-7-5-6-20(28)14-22)13-23-24(26(32)33-4)17(3)30(25(23)31)21-10-8-19(27)9-11-21/h5-14H,1-4H3/b23-13-. The van der Waals surface area contributed by atoms with Crippen LogP contribution in [0, 0.1) is 13.8 Å². The van der Waals surface area contributed by atoms with Gasteiger partial charge in [0.15, 0.2) is 0 Å². The van der Waals surface area contributed by atoms with Crippen molar-refractivity contribution >= 4 is 55.5 Å². The van der Waals surface area contributed by atoms with E-state index >= 15 is 0 Å². The zero-order valence-corrected chi connectivity index (χ0v) is 21.8. The summed E-state index contributed by atoms with van der Waals surface area (Å²) in [5.74, 6) is -0.796. The van der Waals surface area contributed by atoms with Crippen molar-refractivity contribution in [3.8, 4) is 5.69 Å². The SMILES string of the molecule is COC(=O)C1=C(C)N(c2ccc(Br)cc2)C(=O)/C1=C\c1cc(C)n(-c2cccc(Br)c2)c1C. The fourth-order valence-corrected chi connectivity index (χ4v) is 4.83. The number of benzene rings is 2. The number of esters is 1. The molecule has 2 aromatic carbocycles. The van der Waals surface area contributed by atoms with E-state index in [1.807, 2.05) is 68.4 Å². The number of anilines is 1. The van der Waals surface area contributed by atoms with Gasteiger partial charge in [-0.05, 0) is 80.9 Å². The minimum atomic E-state index is -0.535. The van der Waals surface area contributed by atoms with Crippen molar-refractivity contribution in [2.45, 2.75) is 20.8 Å². The smallest absolute Gasteiger partial charge is 0.340 e. The Hall–Kier alpha value is -2.90. The number of hydrogen-bond donors (Lipinski definition) is 0. The number of aromatic nitrogens is 1. The quantitative estimate of drug-likeness (QED) is 0.266. The van der Waals surface area contributed by atoms with E-state index in [0.29, 0.717) is 17.0 Å². The van der Waals surface area contributed by atoms with Gasteiger partial charge >= 0.3 is 5.97 Å². The molecule has 1 aliphatic heterocycles. The minimum Gasteiger partial charge on any atom is -0.465 e. The second-order valence-electron chi connectivity index (χ2n) is 7.77. The lowest BCUT2D eigenvalue weighted by Gasteiger charge is -2.18. The fraction of sp³-hybridized carbons (Fsp3) is 0.154. The van der Waals surface area contributed by atoms with Gasteiger partial charge < -0.3 is 9.30 Å². The van der Waals surface area contributed by atoms with Crippen molar-refractivity contribution in [2.24, 2.45) is 0 Å². The summed E-state index contributed by atoms with van der Waals surface area (Å²) in [4.78, 5) is 27.8. The molecule has 0 fully saturated rings. The molecule has 0 spiro atoms. The number of nitrogens with zero attached hydrogens (tertiary/aromatic N) is 2. The molecule has 1 aromatic heterocycles. The van der Waals surface area contributed by atoms with E-state index in [1.54, 1.807) is 17.9 Å². The molecule has 0 aliphatic carbocycles. The monoisotopic (exact) mass is 568 g/mol. The van der Waals surface area contributed by atoms with Crippen molar-refractivity contribution < 1.29 is 14.3 Å². The van der Waals surface area contributed by atoms with Crippen LogP contribution >= 0.6 is 31.9 Å². The highest BCUT2D eigenvalue weighted by atomic mass is 79.9. The molecule has 0 N–H and O–H groups in total. The van der Waals surface area contributed by atoms with Gasteiger partial charge in [0.05, 0.1) is 18.3 Å². The van der Waals surface area contributed by atoms with Crippen LogP contribution in [0.1, 0.15) is 23.9 Å². The van der Waals surface area contributed by atoms with E-state index in [4.69, 9.17) is 4.74 Å². The van der Waals surface area contributed by atoms with Gasteiger partial charge in [-0.2, -0.15) is 0 Å². The van der Waals surface area contributed by atoms with E-state index in [1.165, 1.54) is 7.11 Å². The number of aryl methyl sites for hydroxylation is 1. The van der Waals surface area contributed by atoms with Gasteiger partial charge in [-0.15, -0.1) is 0 Å². The summed E-state index contributed by atoms with van der Waals surface area (Å²) in [6.07, 6.45) is 1.79. The molecule has 33 heavy (non-hydrogen) atoms. The van der Waals surface area contributed by atoms with Crippen LogP contribution in [0.4, 0.5) is 5.69 Å². The number of hydrogen-bond acceptors (Lipinski definition) is 3. The number of carbonyl (C=O) groups is 2. The van der Waals surface area contributed by atoms with Crippen LogP contribution in [0.5, 0.6) is 0 Å². The molecule has 1 amide bonds. The lowest BCUT2D eigenvalue weighted by atomic mass is 10.0. The van der Waals surface area contributed by atoms with Crippen molar-refractivity contribution in [1.82, 2.24) is 4.57 Å². The third-order valence-electron chi connectivity index (χ3n) is 5.71. The summed E-state index contributed by atoms with van der Waals surface area (Å²) in [5.41, 5.74) is 5.68.